The highest BCUT2D eigenvalue weighted by Gasteiger charge is 2.30. The average molecular weight is 275 g/mol. The number of rotatable bonds is 4. The molecule has 1 saturated heterocycles. The predicted octanol–water partition coefficient (Wildman–Crippen LogP) is 2.29. The second kappa shape index (κ2) is 6.66. The third-order valence-electron chi connectivity index (χ3n) is 4.73. The van der Waals surface area contributed by atoms with Gasteiger partial charge in [-0.05, 0) is 56.6 Å². The Morgan fingerprint density at radius 2 is 2.30 bits per heavy atom. The summed E-state index contributed by atoms with van der Waals surface area (Å²) in [4.78, 5) is 4.63. The quantitative estimate of drug-likeness (QED) is 0.654. The number of fused-ring (bicyclic) bond motifs is 1. The van der Waals surface area contributed by atoms with Gasteiger partial charge < -0.3 is 4.74 Å². The third kappa shape index (κ3) is 3.03. The van der Waals surface area contributed by atoms with Crippen molar-refractivity contribution in [2.24, 2.45) is 5.84 Å². The number of ether oxygens (including phenoxy) is 1. The van der Waals surface area contributed by atoms with Gasteiger partial charge in [0.1, 0.15) is 0 Å². The fourth-order valence-corrected chi connectivity index (χ4v) is 3.66. The van der Waals surface area contributed by atoms with E-state index in [4.69, 9.17) is 10.6 Å². The van der Waals surface area contributed by atoms with Gasteiger partial charge >= 0.3 is 0 Å². The van der Waals surface area contributed by atoms with Gasteiger partial charge in [0.2, 0.25) is 0 Å². The first kappa shape index (κ1) is 14.0. The van der Waals surface area contributed by atoms with Crippen molar-refractivity contribution in [1.29, 1.82) is 0 Å². The largest absolute Gasteiger partial charge is 0.378 e. The minimum atomic E-state index is 0.270. The molecule has 0 aromatic carbocycles. The van der Waals surface area contributed by atoms with E-state index in [9.17, 15) is 0 Å². The van der Waals surface area contributed by atoms with E-state index in [1.54, 1.807) is 0 Å². The van der Waals surface area contributed by atoms with E-state index >= 15 is 0 Å². The fraction of sp³-hybridized carbons (Fsp3) is 0.688. The standard InChI is InChI=1S/C16H25N3O/c17-19-15(11-13-7-1-2-10-20-13)14-8-3-5-12-6-4-9-18-16(12)14/h4,6,9,13-15,19H,1-3,5,7-8,10-11,17H2. The maximum Gasteiger partial charge on any atom is 0.0590 e. The van der Waals surface area contributed by atoms with Crippen LogP contribution in [-0.4, -0.2) is 23.7 Å². The van der Waals surface area contributed by atoms with Gasteiger partial charge in [-0.1, -0.05) is 6.07 Å². The number of aryl methyl sites for hydroxylation is 1. The Labute approximate surface area is 121 Å². The van der Waals surface area contributed by atoms with Crippen molar-refractivity contribution < 1.29 is 4.74 Å². The van der Waals surface area contributed by atoms with Crippen molar-refractivity contribution in [3.63, 3.8) is 0 Å². The minimum absolute atomic E-state index is 0.270. The van der Waals surface area contributed by atoms with Crippen molar-refractivity contribution in [3.8, 4) is 0 Å². The third-order valence-corrected chi connectivity index (χ3v) is 4.73. The fourth-order valence-electron chi connectivity index (χ4n) is 3.66. The van der Waals surface area contributed by atoms with Crippen molar-refractivity contribution in [2.45, 2.75) is 63.0 Å². The number of nitrogens with two attached hydrogens (primary N) is 1. The molecule has 1 aliphatic carbocycles. The van der Waals surface area contributed by atoms with E-state index in [2.05, 4.69) is 16.5 Å². The lowest BCUT2D eigenvalue weighted by atomic mass is 9.80. The normalized spacial score (nSPS) is 27.9. The van der Waals surface area contributed by atoms with Gasteiger partial charge in [0.15, 0.2) is 0 Å². The van der Waals surface area contributed by atoms with Crippen molar-refractivity contribution in [3.05, 3.63) is 29.6 Å². The van der Waals surface area contributed by atoms with Gasteiger partial charge in [0.05, 0.1) is 6.10 Å². The van der Waals surface area contributed by atoms with Crippen LogP contribution in [0.2, 0.25) is 0 Å². The van der Waals surface area contributed by atoms with Gasteiger partial charge in [-0.3, -0.25) is 16.3 Å². The van der Waals surface area contributed by atoms with E-state index in [-0.39, 0.29) is 6.04 Å². The number of hydrogen-bond donors (Lipinski definition) is 2. The number of aromatic nitrogens is 1. The van der Waals surface area contributed by atoms with Crippen LogP contribution < -0.4 is 11.3 Å². The maximum absolute atomic E-state index is 5.87. The zero-order valence-corrected chi connectivity index (χ0v) is 12.1. The van der Waals surface area contributed by atoms with Gasteiger partial charge in [-0.25, -0.2) is 0 Å². The molecular formula is C16H25N3O. The molecule has 0 spiro atoms. The summed E-state index contributed by atoms with van der Waals surface area (Å²) < 4.78 is 5.87. The van der Waals surface area contributed by atoms with Crippen LogP contribution in [0.25, 0.3) is 0 Å². The summed E-state index contributed by atoms with van der Waals surface area (Å²) in [6.07, 6.45) is 10.5. The maximum atomic E-state index is 5.87. The Kier molecular flexibility index (Phi) is 4.65. The molecule has 0 saturated carbocycles. The molecule has 4 nitrogen and oxygen atoms in total. The van der Waals surface area contributed by atoms with E-state index < -0.39 is 0 Å². The SMILES string of the molecule is NNC(CC1CCCCO1)C1CCCc2cccnc21. The highest BCUT2D eigenvalue weighted by Crippen LogP contribution is 2.34. The second-order valence-electron chi connectivity index (χ2n) is 6.04. The van der Waals surface area contributed by atoms with Crippen LogP contribution in [0.3, 0.4) is 0 Å². The molecule has 3 atom stereocenters. The Morgan fingerprint density at radius 3 is 3.10 bits per heavy atom. The van der Waals surface area contributed by atoms with Crippen LogP contribution in [0.15, 0.2) is 18.3 Å². The van der Waals surface area contributed by atoms with Gasteiger partial charge in [-0.15, -0.1) is 0 Å². The molecule has 110 valence electrons. The molecule has 2 heterocycles. The smallest absolute Gasteiger partial charge is 0.0590 e. The Morgan fingerprint density at radius 1 is 1.35 bits per heavy atom. The van der Waals surface area contributed by atoms with Crippen LogP contribution in [-0.2, 0) is 11.2 Å². The molecule has 3 N–H and O–H groups in total. The zero-order valence-electron chi connectivity index (χ0n) is 12.1. The molecule has 0 amide bonds. The molecule has 1 aliphatic heterocycles. The lowest BCUT2D eigenvalue weighted by molar-refractivity contribution is 0.00292. The highest BCUT2D eigenvalue weighted by molar-refractivity contribution is 5.27. The number of nitrogens with one attached hydrogen (secondary N) is 1. The molecule has 0 radical (unpaired) electrons. The van der Waals surface area contributed by atoms with Crippen LogP contribution in [0.4, 0.5) is 0 Å². The lowest BCUT2D eigenvalue weighted by Gasteiger charge is -2.34. The molecule has 20 heavy (non-hydrogen) atoms. The Balaban J connectivity index is 1.72. The molecule has 0 bridgehead atoms. The number of hydrazine groups is 1. The summed E-state index contributed by atoms with van der Waals surface area (Å²) in [5.41, 5.74) is 5.68. The van der Waals surface area contributed by atoms with E-state index in [0.29, 0.717) is 12.0 Å². The van der Waals surface area contributed by atoms with Gasteiger partial charge in [-0.2, -0.15) is 0 Å². The summed E-state index contributed by atoms with van der Waals surface area (Å²) in [6.45, 7) is 0.904. The van der Waals surface area contributed by atoms with Crippen LogP contribution >= 0.6 is 0 Å². The van der Waals surface area contributed by atoms with Crippen molar-refractivity contribution in [1.82, 2.24) is 10.4 Å². The van der Waals surface area contributed by atoms with Gasteiger partial charge in [0, 0.05) is 30.5 Å². The average Bonchev–Trinajstić information content (AvgIpc) is 2.53. The lowest BCUT2D eigenvalue weighted by Crippen LogP contribution is -2.44. The van der Waals surface area contributed by atoms with Crippen molar-refractivity contribution >= 4 is 0 Å². The molecular weight excluding hydrogens is 250 g/mol. The topological polar surface area (TPSA) is 60.2 Å². The first-order valence-corrected chi connectivity index (χ1v) is 7.90. The highest BCUT2D eigenvalue weighted by atomic mass is 16.5. The van der Waals surface area contributed by atoms with Gasteiger partial charge in [0.25, 0.3) is 0 Å². The molecule has 3 rings (SSSR count). The summed E-state index contributed by atoms with van der Waals surface area (Å²) in [7, 11) is 0. The first-order valence-electron chi connectivity index (χ1n) is 7.90. The van der Waals surface area contributed by atoms with Crippen molar-refractivity contribution in [2.75, 3.05) is 6.61 Å². The first-order chi connectivity index (χ1) is 9.88. The molecule has 4 heteroatoms. The van der Waals surface area contributed by atoms with E-state index in [1.165, 1.54) is 43.4 Å². The number of nitrogens with zero attached hydrogens (tertiary/aromatic N) is 1. The minimum Gasteiger partial charge on any atom is -0.378 e. The second-order valence-corrected chi connectivity index (χ2v) is 6.04. The van der Waals surface area contributed by atoms with E-state index in [0.717, 1.165) is 19.4 Å². The molecule has 1 aromatic rings. The molecule has 2 aliphatic rings. The molecule has 1 fully saturated rings. The number of pyridine rings is 1. The summed E-state index contributed by atoms with van der Waals surface area (Å²) >= 11 is 0. The summed E-state index contributed by atoms with van der Waals surface area (Å²) in [6, 6.07) is 4.52. The predicted molar refractivity (Wildman–Crippen MR) is 79.2 cm³/mol. The van der Waals surface area contributed by atoms with E-state index in [1.807, 2.05) is 12.3 Å². The summed E-state index contributed by atoms with van der Waals surface area (Å²) in [5, 5.41) is 0. The zero-order chi connectivity index (χ0) is 13.8. The summed E-state index contributed by atoms with van der Waals surface area (Å²) in [5.74, 6) is 6.27. The van der Waals surface area contributed by atoms with Crippen LogP contribution in [0.1, 0.15) is 55.7 Å². The van der Waals surface area contributed by atoms with Crippen LogP contribution in [0.5, 0.6) is 0 Å². The van der Waals surface area contributed by atoms with Crippen LogP contribution in [0, 0.1) is 0 Å². The number of hydrogen-bond acceptors (Lipinski definition) is 4. The molecule has 1 aromatic heterocycles. The Bertz CT molecular complexity index is 431. The Hall–Kier alpha value is -0.970. The monoisotopic (exact) mass is 275 g/mol. The molecule has 3 unspecified atom stereocenters.